The second-order valence-electron chi connectivity index (χ2n) is 10.4. The summed E-state index contributed by atoms with van der Waals surface area (Å²) in [6, 6.07) is 35.3. The molecular formula is C33H27NP2S2. The highest BCUT2D eigenvalue weighted by atomic mass is 32.4. The second-order valence-corrected chi connectivity index (χ2v) is 19.0. The van der Waals surface area contributed by atoms with E-state index in [1.807, 2.05) is 0 Å². The van der Waals surface area contributed by atoms with Crippen molar-refractivity contribution >= 4 is 84.6 Å². The number of fused-ring (bicyclic) bond motifs is 4. The van der Waals surface area contributed by atoms with Crippen LogP contribution in [0.5, 0.6) is 0 Å². The molecule has 0 aliphatic carbocycles. The molecule has 0 amide bonds. The first-order valence-electron chi connectivity index (χ1n) is 12.8. The minimum absolute atomic E-state index is 1.19. The lowest BCUT2D eigenvalue weighted by Gasteiger charge is -2.47. The Hall–Kier alpha value is -2.80. The van der Waals surface area contributed by atoms with E-state index in [1.165, 1.54) is 65.6 Å². The predicted molar refractivity (Wildman–Crippen MR) is 175 cm³/mol. The average molecular weight is 564 g/mol. The standard InChI is InChI=1S/C33H27NP2S2/c1-22-14-16-27-29(18-22)35(37,25-10-6-4-7-11-25)31-20-24(3)21-32-33(31)34(27)28-17-15-23(2)19-30(28)36(32,38)26-12-8-5-9-13-26/h4-21H,1-3H3. The summed E-state index contributed by atoms with van der Waals surface area (Å²) >= 11 is 13.8. The van der Waals surface area contributed by atoms with E-state index in [2.05, 4.69) is 135 Å². The zero-order chi connectivity index (χ0) is 26.2. The molecule has 186 valence electrons. The second kappa shape index (κ2) is 8.60. The van der Waals surface area contributed by atoms with Gasteiger partial charge in [0, 0.05) is 33.3 Å². The van der Waals surface area contributed by atoms with E-state index >= 15 is 0 Å². The van der Waals surface area contributed by atoms with Crippen LogP contribution in [-0.2, 0) is 23.6 Å². The van der Waals surface area contributed by atoms with Crippen LogP contribution in [0.25, 0.3) is 0 Å². The quantitative estimate of drug-likeness (QED) is 0.230. The van der Waals surface area contributed by atoms with Crippen molar-refractivity contribution in [3.8, 4) is 0 Å². The van der Waals surface area contributed by atoms with Gasteiger partial charge in [-0.15, -0.1) is 0 Å². The van der Waals surface area contributed by atoms with Crippen molar-refractivity contribution in [1.82, 2.24) is 0 Å². The Morgan fingerprint density at radius 1 is 0.474 bits per heavy atom. The molecule has 7 rings (SSSR count). The summed E-state index contributed by atoms with van der Waals surface area (Å²) in [5, 5.41) is 7.54. The SMILES string of the molecule is Cc1ccc2c(c1)P(=S)(c1ccccc1)c1cc(C)cc3c1N2c1ccc(C)cc1P3(=S)c1ccccc1. The maximum absolute atomic E-state index is 6.91. The molecule has 0 bridgehead atoms. The molecule has 0 saturated heterocycles. The molecule has 2 aliphatic rings. The van der Waals surface area contributed by atoms with Crippen LogP contribution >= 0.6 is 12.1 Å². The highest BCUT2D eigenvalue weighted by Crippen LogP contribution is 2.60. The lowest BCUT2D eigenvalue weighted by Crippen LogP contribution is -2.46. The Morgan fingerprint density at radius 3 is 1.29 bits per heavy atom. The largest absolute Gasteiger partial charge is 0.308 e. The van der Waals surface area contributed by atoms with Gasteiger partial charge in [0.25, 0.3) is 0 Å². The molecule has 5 aromatic rings. The smallest absolute Gasteiger partial charge is 0.0643 e. The number of benzene rings is 5. The Labute approximate surface area is 235 Å². The molecule has 1 nitrogen and oxygen atoms in total. The maximum Gasteiger partial charge on any atom is 0.0643 e. The van der Waals surface area contributed by atoms with Crippen LogP contribution in [0.2, 0.25) is 0 Å². The highest BCUT2D eigenvalue weighted by Gasteiger charge is 2.46. The Kier molecular flexibility index (Phi) is 5.49. The summed E-state index contributed by atoms with van der Waals surface area (Å²) in [6.07, 6.45) is 0. The van der Waals surface area contributed by atoms with Gasteiger partial charge >= 0.3 is 0 Å². The predicted octanol–water partition coefficient (Wildman–Crippen LogP) is 6.22. The molecule has 2 unspecified atom stereocenters. The lowest BCUT2D eigenvalue weighted by atomic mass is 10.1. The van der Waals surface area contributed by atoms with Crippen molar-refractivity contribution in [2.45, 2.75) is 20.8 Å². The van der Waals surface area contributed by atoms with Crippen LogP contribution in [-0.4, -0.2) is 0 Å². The monoisotopic (exact) mass is 563 g/mol. The molecular weight excluding hydrogens is 536 g/mol. The highest BCUT2D eigenvalue weighted by molar-refractivity contribution is 8.27. The molecule has 2 aliphatic heterocycles. The number of nitrogens with zero attached hydrogens (tertiary/aromatic N) is 1. The fourth-order valence-electron chi connectivity index (χ4n) is 6.06. The molecule has 0 radical (unpaired) electrons. The van der Waals surface area contributed by atoms with E-state index in [-0.39, 0.29) is 0 Å². The number of anilines is 3. The fraction of sp³-hybridized carbons (Fsp3) is 0.0909. The van der Waals surface area contributed by atoms with Gasteiger partial charge in [0.1, 0.15) is 0 Å². The first-order chi connectivity index (χ1) is 18.3. The summed E-state index contributed by atoms with van der Waals surface area (Å²) < 4.78 is 0. The third-order valence-corrected chi connectivity index (χ3v) is 17.6. The van der Waals surface area contributed by atoms with E-state index in [4.69, 9.17) is 23.6 Å². The number of aryl methyl sites for hydroxylation is 3. The first-order valence-corrected chi connectivity index (χ1v) is 18.4. The molecule has 2 atom stereocenters. The molecule has 0 fully saturated rings. The van der Waals surface area contributed by atoms with Gasteiger partial charge in [0.05, 0.1) is 17.1 Å². The van der Waals surface area contributed by atoms with Crippen LogP contribution in [0, 0.1) is 20.8 Å². The first kappa shape index (κ1) is 24.3. The van der Waals surface area contributed by atoms with Crippen LogP contribution in [0.4, 0.5) is 17.1 Å². The molecule has 38 heavy (non-hydrogen) atoms. The van der Waals surface area contributed by atoms with Gasteiger partial charge in [-0.1, -0.05) is 108 Å². The molecule has 0 N–H and O–H groups in total. The van der Waals surface area contributed by atoms with Gasteiger partial charge in [0.2, 0.25) is 0 Å². The number of rotatable bonds is 2. The third kappa shape index (κ3) is 3.23. The molecule has 0 spiro atoms. The molecule has 0 aromatic heterocycles. The Balaban J connectivity index is 1.70. The van der Waals surface area contributed by atoms with Gasteiger partial charge < -0.3 is 4.90 Å². The summed E-state index contributed by atoms with van der Waals surface area (Å²) in [5.74, 6) is 0. The van der Waals surface area contributed by atoms with Gasteiger partial charge in [-0.3, -0.25) is 0 Å². The summed E-state index contributed by atoms with van der Waals surface area (Å²) in [5.41, 5.74) is 7.31. The van der Waals surface area contributed by atoms with E-state index < -0.39 is 12.1 Å². The van der Waals surface area contributed by atoms with Crippen molar-refractivity contribution in [3.05, 3.63) is 126 Å². The van der Waals surface area contributed by atoms with Crippen molar-refractivity contribution in [1.29, 1.82) is 0 Å². The normalized spacial score (nSPS) is 20.9. The van der Waals surface area contributed by atoms with Crippen molar-refractivity contribution < 1.29 is 0 Å². The van der Waals surface area contributed by atoms with Crippen LogP contribution in [0.1, 0.15) is 16.7 Å². The zero-order valence-electron chi connectivity index (χ0n) is 21.6. The minimum atomic E-state index is -2.35. The van der Waals surface area contributed by atoms with Crippen LogP contribution in [0.15, 0.2) is 109 Å². The topological polar surface area (TPSA) is 3.24 Å². The van der Waals surface area contributed by atoms with Crippen molar-refractivity contribution in [2.75, 3.05) is 4.90 Å². The van der Waals surface area contributed by atoms with E-state index in [0.717, 1.165) is 0 Å². The molecule has 5 heteroatoms. The van der Waals surface area contributed by atoms with Gasteiger partial charge in [-0.05, 0) is 73.3 Å². The molecule has 2 heterocycles. The van der Waals surface area contributed by atoms with Gasteiger partial charge in [-0.2, -0.15) is 0 Å². The van der Waals surface area contributed by atoms with E-state index in [1.54, 1.807) is 0 Å². The third-order valence-electron chi connectivity index (χ3n) is 7.78. The van der Waals surface area contributed by atoms with Crippen molar-refractivity contribution in [2.24, 2.45) is 0 Å². The Bertz CT molecular complexity index is 1730. The Morgan fingerprint density at radius 2 is 0.868 bits per heavy atom. The zero-order valence-corrected chi connectivity index (χ0v) is 25.0. The minimum Gasteiger partial charge on any atom is -0.308 e. The lowest BCUT2D eigenvalue weighted by molar-refractivity contribution is 1.29. The molecule has 0 saturated carbocycles. The molecule has 5 aromatic carbocycles. The van der Waals surface area contributed by atoms with Crippen molar-refractivity contribution in [3.63, 3.8) is 0 Å². The van der Waals surface area contributed by atoms with E-state index in [0.29, 0.717) is 0 Å². The van der Waals surface area contributed by atoms with E-state index in [9.17, 15) is 0 Å². The number of hydrogen-bond acceptors (Lipinski definition) is 3. The maximum atomic E-state index is 6.91. The van der Waals surface area contributed by atoms with Gasteiger partial charge in [0.15, 0.2) is 0 Å². The fourth-order valence-corrected chi connectivity index (χ4v) is 15.0. The number of hydrogen-bond donors (Lipinski definition) is 0. The van der Waals surface area contributed by atoms with Crippen LogP contribution < -0.4 is 36.7 Å². The summed E-state index contributed by atoms with van der Waals surface area (Å²) in [6.45, 7) is 6.55. The average Bonchev–Trinajstić information content (AvgIpc) is 2.94. The van der Waals surface area contributed by atoms with Gasteiger partial charge in [-0.25, -0.2) is 0 Å². The summed E-state index contributed by atoms with van der Waals surface area (Å²) in [4.78, 5) is 2.48. The van der Waals surface area contributed by atoms with Crippen LogP contribution in [0.3, 0.4) is 0 Å². The summed E-state index contributed by atoms with van der Waals surface area (Å²) in [7, 11) is 0.